The Kier molecular flexibility index (Phi) is 3.89. The molecule has 0 aromatic heterocycles. The van der Waals surface area contributed by atoms with E-state index in [2.05, 4.69) is 13.8 Å². The van der Waals surface area contributed by atoms with Gasteiger partial charge in [-0.25, -0.2) is 0 Å². The Balaban J connectivity index is 1.60. The first-order valence-corrected chi connectivity index (χ1v) is 10.2. The van der Waals surface area contributed by atoms with Crippen LogP contribution in [-0.2, 0) is 0 Å². The van der Waals surface area contributed by atoms with Gasteiger partial charge in [0.25, 0.3) is 0 Å². The van der Waals surface area contributed by atoms with Gasteiger partial charge in [-0.05, 0) is 105 Å². The lowest BCUT2D eigenvalue weighted by Crippen LogP contribution is -2.54. The van der Waals surface area contributed by atoms with E-state index in [0.29, 0.717) is 16.7 Å². The normalized spacial score (nSPS) is 57.3. The van der Waals surface area contributed by atoms with Crippen molar-refractivity contribution in [3.63, 3.8) is 0 Å². The third-order valence-corrected chi connectivity index (χ3v) is 9.29. The molecule has 0 aromatic rings. The zero-order chi connectivity index (χ0) is 16.4. The van der Waals surface area contributed by atoms with Gasteiger partial charge in [-0.15, -0.1) is 0 Å². The maximum absolute atomic E-state index is 10.3. The smallest absolute Gasteiger partial charge is 0.0545 e. The molecule has 132 valence electrons. The maximum Gasteiger partial charge on any atom is 0.0545 e. The largest absolute Gasteiger partial charge is 0.393 e. The second-order valence-electron chi connectivity index (χ2n) is 10.1. The average Bonchev–Trinajstić information content (AvgIpc) is 2.85. The van der Waals surface area contributed by atoms with Crippen LogP contribution >= 0.6 is 0 Å². The van der Waals surface area contributed by atoms with Crippen LogP contribution in [-0.4, -0.2) is 22.4 Å². The number of aliphatic hydroxyl groups excluding tert-OH is 2. The summed E-state index contributed by atoms with van der Waals surface area (Å²) in [6.07, 6.45) is 11.1. The number of aliphatic hydroxyl groups is 2. The molecule has 4 aliphatic rings. The number of hydrogen-bond acceptors (Lipinski definition) is 2. The van der Waals surface area contributed by atoms with Crippen LogP contribution < -0.4 is 0 Å². The van der Waals surface area contributed by atoms with Gasteiger partial charge in [0.15, 0.2) is 0 Å². The van der Waals surface area contributed by atoms with Crippen molar-refractivity contribution < 1.29 is 10.2 Å². The van der Waals surface area contributed by atoms with Crippen LogP contribution in [0.25, 0.3) is 0 Å². The Morgan fingerprint density at radius 1 is 0.870 bits per heavy atom. The quantitative estimate of drug-likeness (QED) is 0.752. The van der Waals surface area contributed by atoms with Gasteiger partial charge in [0.05, 0.1) is 12.2 Å². The maximum atomic E-state index is 10.3. The van der Waals surface area contributed by atoms with Crippen LogP contribution in [0.5, 0.6) is 0 Å². The number of hydrogen-bond donors (Lipinski definition) is 2. The predicted octanol–water partition coefficient (Wildman–Crippen LogP) is 4.39. The Labute approximate surface area is 142 Å². The highest BCUT2D eigenvalue weighted by atomic mass is 16.3. The van der Waals surface area contributed by atoms with E-state index in [1.807, 2.05) is 6.92 Å². The summed E-state index contributed by atoms with van der Waals surface area (Å²) < 4.78 is 0. The lowest BCUT2D eigenvalue weighted by Gasteiger charge is -2.61. The van der Waals surface area contributed by atoms with E-state index >= 15 is 0 Å². The second-order valence-corrected chi connectivity index (χ2v) is 10.1. The molecule has 0 saturated heterocycles. The van der Waals surface area contributed by atoms with Crippen LogP contribution in [0.3, 0.4) is 0 Å². The van der Waals surface area contributed by atoms with E-state index in [1.54, 1.807) is 0 Å². The average molecular weight is 321 g/mol. The third-order valence-electron chi connectivity index (χ3n) is 9.29. The van der Waals surface area contributed by atoms with Crippen molar-refractivity contribution >= 4 is 0 Å². The highest BCUT2D eigenvalue weighted by Crippen LogP contribution is 2.67. The molecule has 0 aromatic carbocycles. The van der Waals surface area contributed by atoms with E-state index in [9.17, 15) is 10.2 Å². The monoisotopic (exact) mass is 320 g/mol. The molecule has 4 fully saturated rings. The van der Waals surface area contributed by atoms with Crippen molar-refractivity contribution in [2.75, 3.05) is 0 Å². The molecule has 23 heavy (non-hydrogen) atoms. The Hall–Kier alpha value is -0.0800. The molecule has 0 radical (unpaired) electrons. The van der Waals surface area contributed by atoms with E-state index in [-0.39, 0.29) is 12.2 Å². The fourth-order valence-corrected chi connectivity index (χ4v) is 8.07. The number of rotatable bonds is 1. The zero-order valence-corrected chi connectivity index (χ0v) is 15.3. The molecule has 0 spiro atoms. The summed E-state index contributed by atoms with van der Waals surface area (Å²) in [7, 11) is 0. The van der Waals surface area contributed by atoms with E-state index in [4.69, 9.17) is 0 Å². The first kappa shape index (κ1) is 16.4. The summed E-state index contributed by atoms with van der Waals surface area (Å²) in [5.74, 6) is 3.87. The molecule has 4 rings (SSSR count). The lowest BCUT2D eigenvalue weighted by molar-refractivity contribution is -0.132. The van der Waals surface area contributed by atoms with Gasteiger partial charge in [0, 0.05) is 0 Å². The summed E-state index contributed by atoms with van der Waals surface area (Å²) in [6, 6.07) is 0. The van der Waals surface area contributed by atoms with E-state index in [1.165, 1.54) is 44.9 Å². The Bertz CT molecular complexity index is 461. The SMILES string of the molecule is C[C@@H](O)C1CCC2C3CC[C@@H]4C[C@H](O)CCC4(C)C3CCC21C. The second kappa shape index (κ2) is 5.46. The van der Waals surface area contributed by atoms with Crippen LogP contribution in [0.15, 0.2) is 0 Å². The van der Waals surface area contributed by atoms with Crippen molar-refractivity contribution in [1.29, 1.82) is 0 Å². The van der Waals surface area contributed by atoms with Gasteiger partial charge >= 0.3 is 0 Å². The minimum atomic E-state index is -0.140. The molecular formula is C21H36O2. The minimum Gasteiger partial charge on any atom is -0.393 e. The van der Waals surface area contributed by atoms with Crippen LogP contribution in [0.2, 0.25) is 0 Å². The highest BCUT2D eigenvalue weighted by Gasteiger charge is 2.60. The van der Waals surface area contributed by atoms with E-state index in [0.717, 1.165) is 36.5 Å². The first-order valence-electron chi connectivity index (χ1n) is 10.2. The summed E-state index contributed by atoms with van der Waals surface area (Å²) in [4.78, 5) is 0. The minimum absolute atomic E-state index is 0.0374. The van der Waals surface area contributed by atoms with Crippen molar-refractivity contribution in [3.8, 4) is 0 Å². The fourth-order valence-electron chi connectivity index (χ4n) is 8.07. The zero-order valence-electron chi connectivity index (χ0n) is 15.3. The molecular weight excluding hydrogens is 284 g/mol. The van der Waals surface area contributed by atoms with Gasteiger partial charge in [-0.2, -0.15) is 0 Å². The molecule has 0 aliphatic heterocycles. The molecule has 9 atom stereocenters. The van der Waals surface area contributed by atoms with Gasteiger partial charge in [-0.3, -0.25) is 0 Å². The Morgan fingerprint density at radius 3 is 2.30 bits per heavy atom. The molecule has 4 aliphatic carbocycles. The molecule has 0 amide bonds. The molecule has 2 nitrogen and oxygen atoms in total. The summed E-state index contributed by atoms with van der Waals surface area (Å²) in [5, 5.41) is 20.4. The molecule has 0 heterocycles. The van der Waals surface area contributed by atoms with Crippen molar-refractivity contribution in [1.82, 2.24) is 0 Å². The summed E-state index contributed by atoms with van der Waals surface area (Å²) >= 11 is 0. The fraction of sp³-hybridized carbons (Fsp3) is 1.00. The van der Waals surface area contributed by atoms with Crippen molar-refractivity contribution in [3.05, 3.63) is 0 Å². The van der Waals surface area contributed by atoms with Gasteiger partial charge < -0.3 is 10.2 Å². The standard InChI is InChI=1S/C21H36O2/c1-13(22)17-6-7-18-16-5-4-14-12-15(23)8-10-20(14,2)19(16)9-11-21(17,18)3/h13-19,22-23H,4-12H2,1-3H3/t13-,14-,15-,16?,17?,18?,19?,20?,21?/m1/s1. The van der Waals surface area contributed by atoms with Crippen LogP contribution in [0.1, 0.15) is 78.6 Å². The first-order chi connectivity index (χ1) is 10.9. The number of fused-ring (bicyclic) bond motifs is 5. The predicted molar refractivity (Wildman–Crippen MR) is 92.9 cm³/mol. The summed E-state index contributed by atoms with van der Waals surface area (Å²) in [6.45, 7) is 7.08. The third kappa shape index (κ3) is 2.27. The molecule has 2 N–H and O–H groups in total. The summed E-state index contributed by atoms with van der Waals surface area (Å²) in [5.41, 5.74) is 0.860. The van der Waals surface area contributed by atoms with Crippen molar-refractivity contribution in [2.24, 2.45) is 40.4 Å². The van der Waals surface area contributed by atoms with Gasteiger partial charge in [-0.1, -0.05) is 13.8 Å². The lowest BCUT2D eigenvalue weighted by atomic mass is 9.44. The van der Waals surface area contributed by atoms with Crippen LogP contribution in [0, 0.1) is 40.4 Å². The van der Waals surface area contributed by atoms with Crippen molar-refractivity contribution in [2.45, 2.75) is 90.8 Å². The molecule has 0 bridgehead atoms. The molecule has 6 unspecified atom stereocenters. The topological polar surface area (TPSA) is 40.5 Å². The van der Waals surface area contributed by atoms with E-state index < -0.39 is 0 Å². The van der Waals surface area contributed by atoms with Gasteiger partial charge in [0.1, 0.15) is 0 Å². The highest BCUT2D eigenvalue weighted by molar-refractivity contribution is 5.09. The molecule has 4 saturated carbocycles. The van der Waals surface area contributed by atoms with Crippen LogP contribution in [0.4, 0.5) is 0 Å². The van der Waals surface area contributed by atoms with Gasteiger partial charge in [0.2, 0.25) is 0 Å². The Morgan fingerprint density at radius 2 is 1.57 bits per heavy atom. The molecule has 2 heteroatoms.